The highest BCUT2D eigenvalue weighted by Gasteiger charge is 2.26. The fourth-order valence-electron chi connectivity index (χ4n) is 3.84. The van der Waals surface area contributed by atoms with Gasteiger partial charge in [0.1, 0.15) is 10.8 Å². The van der Waals surface area contributed by atoms with E-state index < -0.39 is 15.9 Å². The topological polar surface area (TPSA) is 110 Å². The Morgan fingerprint density at radius 2 is 1.84 bits per heavy atom. The molecule has 166 valence electrons. The summed E-state index contributed by atoms with van der Waals surface area (Å²) in [6.45, 7) is 1.94. The number of Topliss-reactive ketones (excluding diaryl/α,β-unsaturated/α-hetero) is 2. The van der Waals surface area contributed by atoms with E-state index in [1.54, 1.807) is 5.38 Å². The molecule has 1 aliphatic carbocycles. The van der Waals surface area contributed by atoms with Gasteiger partial charge in [0.15, 0.2) is 5.78 Å². The second kappa shape index (κ2) is 9.82. The number of hydrogen-bond acceptors (Lipinski definition) is 7. The number of ketones is 2. The maximum Gasteiger partial charge on any atom is 0.239 e. The summed E-state index contributed by atoms with van der Waals surface area (Å²) in [5, 5.41) is 2.20. The van der Waals surface area contributed by atoms with E-state index in [1.165, 1.54) is 11.3 Å². The van der Waals surface area contributed by atoms with Crippen molar-refractivity contribution in [3.8, 4) is 0 Å². The molecule has 1 aliphatic rings. The lowest BCUT2D eigenvalue weighted by Gasteiger charge is -2.13. The maximum absolute atomic E-state index is 13.0. The third-order valence-electron chi connectivity index (χ3n) is 5.23. The second-order valence-electron chi connectivity index (χ2n) is 8.11. The van der Waals surface area contributed by atoms with Gasteiger partial charge in [-0.25, -0.2) is 13.4 Å². The zero-order chi connectivity index (χ0) is 22.6. The Labute approximate surface area is 186 Å². The van der Waals surface area contributed by atoms with Crippen LogP contribution in [0.3, 0.4) is 0 Å². The summed E-state index contributed by atoms with van der Waals surface area (Å²) in [7, 11) is -3.62. The van der Waals surface area contributed by atoms with Crippen LogP contribution in [-0.2, 0) is 38.9 Å². The summed E-state index contributed by atoms with van der Waals surface area (Å²) in [4.78, 5) is 41.6. The van der Waals surface area contributed by atoms with Crippen LogP contribution in [0.5, 0.6) is 0 Å². The van der Waals surface area contributed by atoms with Gasteiger partial charge in [0.25, 0.3) is 0 Å². The zero-order valence-corrected chi connectivity index (χ0v) is 19.3. The number of carbonyl (C=O) groups is 3. The molecule has 3 rings (SSSR count). The second-order valence-corrected chi connectivity index (χ2v) is 10.8. The lowest BCUT2D eigenvalue weighted by atomic mass is 9.90. The van der Waals surface area contributed by atoms with Crippen LogP contribution in [-0.4, -0.2) is 37.1 Å². The van der Waals surface area contributed by atoms with Crippen LogP contribution in [0.15, 0.2) is 23.6 Å². The Morgan fingerprint density at radius 1 is 1.13 bits per heavy atom. The van der Waals surface area contributed by atoms with Gasteiger partial charge in [0, 0.05) is 23.3 Å². The fourth-order valence-corrected chi connectivity index (χ4v) is 5.15. The number of aryl methyl sites for hydroxylation is 1. The summed E-state index contributed by atoms with van der Waals surface area (Å²) >= 11 is 1.25. The minimum absolute atomic E-state index is 0.0512. The van der Waals surface area contributed by atoms with Crippen molar-refractivity contribution in [1.29, 1.82) is 0 Å². The van der Waals surface area contributed by atoms with E-state index in [1.807, 2.05) is 29.8 Å². The van der Waals surface area contributed by atoms with Crippen molar-refractivity contribution in [2.75, 3.05) is 6.26 Å². The van der Waals surface area contributed by atoms with E-state index in [9.17, 15) is 22.8 Å². The third-order valence-corrected chi connectivity index (χ3v) is 6.73. The van der Waals surface area contributed by atoms with Crippen molar-refractivity contribution < 1.29 is 22.8 Å². The number of thiazole rings is 1. The molecule has 1 amide bonds. The van der Waals surface area contributed by atoms with Crippen LogP contribution < -0.4 is 4.72 Å². The molecule has 0 unspecified atom stereocenters. The van der Waals surface area contributed by atoms with Crippen LogP contribution in [0.2, 0.25) is 0 Å². The average Bonchev–Trinajstić information content (AvgIpc) is 3.33. The lowest BCUT2D eigenvalue weighted by Crippen LogP contribution is -2.30. The van der Waals surface area contributed by atoms with Crippen molar-refractivity contribution in [1.82, 2.24) is 9.71 Å². The van der Waals surface area contributed by atoms with Crippen molar-refractivity contribution in [2.24, 2.45) is 5.92 Å². The summed E-state index contributed by atoms with van der Waals surface area (Å²) in [5.74, 6) is -0.543. The van der Waals surface area contributed by atoms with Crippen LogP contribution in [0, 0.1) is 12.8 Å². The van der Waals surface area contributed by atoms with Gasteiger partial charge >= 0.3 is 0 Å². The van der Waals surface area contributed by atoms with Gasteiger partial charge in [-0.15, -0.1) is 11.3 Å². The predicted octanol–water partition coefficient (Wildman–Crippen LogP) is 2.80. The number of carbonyl (C=O) groups excluding carboxylic acids is 3. The minimum Gasteiger partial charge on any atom is -0.299 e. The first-order chi connectivity index (χ1) is 14.6. The first-order valence-corrected chi connectivity index (χ1v) is 13.0. The molecule has 1 aromatic heterocycles. The molecule has 0 radical (unpaired) electrons. The van der Waals surface area contributed by atoms with E-state index >= 15 is 0 Å². The molecule has 7 nitrogen and oxygen atoms in total. The third kappa shape index (κ3) is 6.80. The van der Waals surface area contributed by atoms with Gasteiger partial charge in [-0.05, 0) is 31.4 Å². The minimum atomic E-state index is -3.62. The van der Waals surface area contributed by atoms with E-state index in [2.05, 4.69) is 4.98 Å². The molecule has 1 saturated carbocycles. The Balaban J connectivity index is 1.64. The number of rotatable bonds is 9. The van der Waals surface area contributed by atoms with Gasteiger partial charge in [-0.1, -0.05) is 30.5 Å². The Hall–Kier alpha value is -2.39. The molecular weight excluding hydrogens is 436 g/mol. The van der Waals surface area contributed by atoms with E-state index in [-0.39, 0.29) is 36.7 Å². The summed E-state index contributed by atoms with van der Waals surface area (Å²) in [6.07, 6.45) is 4.96. The largest absolute Gasteiger partial charge is 0.299 e. The molecular formula is C22H26N2O5S2. The van der Waals surface area contributed by atoms with Gasteiger partial charge in [0.2, 0.25) is 15.9 Å². The average molecular weight is 463 g/mol. The normalized spacial score (nSPS) is 14.5. The van der Waals surface area contributed by atoms with Crippen LogP contribution in [0.4, 0.5) is 0 Å². The Bertz CT molecular complexity index is 1100. The number of hydrogen-bond donors (Lipinski definition) is 1. The Kier molecular flexibility index (Phi) is 7.38. The van der Waals surface area contributed by atoms with Gasteiger partial charge in [-0.3, -0.25) is 19.1 Å². The molecule has 0 atom stereocenters. The molecule has 1 aromatic carbocycles. The highest BCUT2D eigenvalue weighted by molar-refractivity contribution is 7.89. The highest BCUT2D eigenvalue weighted by Crippen LogP contribution is 2.29. The molecule has 1 N–H and O–H groups in total. The molecule has 0 saturated heterocycles. The van der Waals surface area contributed by atoms with E-state index in [4.69, 9.17) is 0 Å². The summed E-state index contributed by atoms with van der Waals surface area (Å²) in [5.41, 5.74) is 2.81. The highest BCUT2D eigenvalue weighted by atomic mass is 32.2. The van der Waals surface area contributed by atoms with Crippen molar-refractivity contribution in [3.63, 3.8) is 0 Å². The summed E-state index contributed by atoms with van der Waals surface area (Å²) in [6, 6.07) is 5.65. The number of sulfonamides is 1. The molecule has 0 bridgehead atoms. The maximum atomic E-state index is 13.0. The van der Waals surface area contributed by atoms with Crippen LogP contribution >= 0.6 is 11.3 Å². The molecule has 1 fully saturated rings. The smallest absolute Gasteiger partial charge is 0.239 e. The van der Waals surface area contributed by atoms with E-state index in [0.29, 0.717) is 16.3 Å². The molecule has 0 aliphatic heterocycles. The molecule has 0 spiro atoms. The van der Waals surface area contributed by atoms with Gasteiger partial charge in [0.05, 0.1) is 24.8 Å². The van der Waals surface area contributed by atoms with Gasteiger partial charge < -0.3 is 0 Å². The van der Waals surface area contributed by atoms with Crippen molar-refractivity contribution in [3.05, 3.63) is 51.0 Å². The predicted molar refractivity (Wildman–Crippen MR) is 119 cm³/mol. The number of nitrogens with one attached hydrogen (secondary N) is 1. The molecule has 9 heteroatoms. The Morgan fingerprint density at radius 3 is 2.52 bits per heavy atom. The lowest BCUT2D eigenvalue weighted by molar-refractivity contribution is -0.119. The SMILES string of the molecule is Cc1ccc(CC(=O)Cc2nc(CC(=O)NS(C)(=O)=O)cs2)c(C(=O)C2CCCC2)c1. The first kappa shape index (κ1) is 23.3. The van der Waals surface area contributed by atoms with Crippen molar-refractivity contribution in [2.45, 2.75) is 51.9 Å². The molecule has 2 aromatic rings. The number of benzene rings is 1. The monoisotopic (exact) mass is 462 g/mol. The van der Waals surface area contributed by atoms with Crippen LogP contribution in [0.1, 0.15) is 57.9 Å². The van der Waals surface area contributed by atoms with Gasteiger partial charge in [-0.2, -0.15) is 0 Å². The zero-order valence-electron chi connectivity index (χ0n) is 17.6. The number of amides is 1. The quantitative estimate of drug-likeness (QED) is 0.574. The fraction of sp³-hybridized carbons (Fsp3) is 0.455. The molecule has 31 heavy (non-hydrogen) atoms. The van der Waals surface area contributed by atoms with Crippen molar-refractivity contribution >= 4 is 38.8 Å². The first-order valence-electron chi connectivity index (χ1n) is 10.2. The standard InChI is InChI=1S/C22H26N2O5S2/c1-14-7-8-16(19(9-14)22(27)15-5-3-4-6-15)10-18(25)12-21-23-17(13-30-21)11-20(26)24-31(2,28)29/h7-9,13,15H,3-6,10-12H2,1-2H3,(H,24,26). The number of nitrogens with zero attached hydrogens (tertiary/aromatic N) is 1. The molecule has 1 heterocycles. The number of aromatic nitrogens is 1. The summed E-state index contributed by atoms with van der Waals surface area (Å²) < 4.78 is 24.1. The van der Waals surface area contributed by atoms with E-state index in [0.717, 1.165) is 43.1 Å². The van der Waals surface area contributed by atoms with Crippen LogP contribution in [0.25, 0.3) is 0 Å².